The van der Waals surface area contributed by atoms with Gasteiger partial charge in [0.1, 0.15) is 0 Å². The molecule has 0 radical (unpaired) electrons. The van der Waals surface area contributed by atoms with E-state index in [0.717, 1.165) is 32.5 Å². The average molecular weight is 247 g/mol. The molecule has 1 unspecified atom stereocenters. The molecule has 0 aliphatic carbocycles. The predicted molar refractivity (Wildman–Crippen MR) is 76.3 cm³/mol. The zero-order valence-electron chi connectivity index (χ0n) is 12.1. The molecule has 2 nitrogen and oxygen atoms in total. The molecule has 1 atom stereocenters. The molecule has 1 fully saturated rings. The largest absolute Gasteiger partial charge is 0.376 e. The predicted octanol–water partition coefficient (Wildman–Crippen LogP) is 2.84. The summed E-state index contributed by atoms with van der Waals surface area (Å²) in [5.74, 6) is 0. The molecule has 0 saturated carbocycles. The van der Waals surface area contributed by atoms with Crippen molar-refractivity contribution < 1.29 is 4.74 Å². The van der Waals surface area contributed by atoms with Gasteiger partial charge in [0.05, 0.1) is 12.7 Å². The third-order valence-electron chi connectivity index (χ3n) is 4.24. The maximum absolute atomic E-state index is 5.78. The zero-order chi connectivity index (χ0) is 13.1. The first-order valence-corrected chi connectivity index (χ1v) is 6.98. The summed E-state index contributed by atoms with van der Waals surface area (Å²) in [4.78, 5) is 0. The van der Waals surface area contributed by atoms with Crippen LogP contribution in [0.1, 0.15) is 34.2 Å². The number of benzene rings is 1. The summed E-state index contributed by atoms with van der Waals surface area (Å²) >= 11 is 0. The molecule has 2 heteroatoms. The number of aryl methyl sites for hydroxylation is 2. The van der Waals surface area contributed by atoms with Crippen molar-refractivity contribution >= 4 is 0 Å². The molecule has 0 spiro atoms. The van der Waals surface area contributed by atoms with Crippen molar-refractivity contribution in [3.8, 4) is 0 Å². The summed E-state index contributed by atoms with van der Waals surface area (Å²) in [7, 11) is 0. The third kappa shape index (κ3) is 2.93. The number of rotatable bonds is 3. The standard InChI is InChI=1S/C16H25NO/c1-11-9-12(2)14(4)16(13(11)3)6-5-15-10-17-7-8-18-15/h9,15,17H,5-8,10H2,1-4H3. The van der Waals surface area contributed by atoms with Crippen molar-refractivity contribution in [2.24, 2.45) is 0 Å². The minimum atomic E-state index is 0.387. The Balaban J connectivity index is 2.08. The first-order valence-electron chi connectivity index (χ1n) is 6.98. The molecule has 1 aromatic rings. The molecule has 1 aromatic carbocycles. The van der Waals surface area contributed by atoms with Crippen molar-refractivity contribution in [1.82, 2.24) is 5.32 Å². The molecular formula is C16H25NO. The Morgan fingerprint density at radius 3 is 2.39 bits per heavy atom. The van der Waals surface area contributed by atoms with E-state index in [1.165, 1.54) is 27.8 Å². The second-order valence-corrected chi connectivity index (χ2v) is 5.47. The zero-order valence-corrected chi connectivity index (χ0v) is 12.1. The van der Waals surface area contributed by atoms with Crippen LogP contribution in [0.15, 0.2) is 6.07 Å². The molecule has 1 saturated heterocycles. The molecule has 0 bridgehead atoms. The lowest BCUT2D eigenvalue weighted by Gasteiger charge is -2.24. The van der Waals surface area contributed by atoms with Gasteiger partial charge in [-0.15, -0.1) is 0 Å². The van der Waals surface area contributed by atoms with E-state index in [4.69, 9.17) is 4.74 Å². The lowest BCUT2D eigenvalue weighted by Crippen LogP contribution is -2.38. The minimum absolute atomic E-state index is 0.387. The summed E-state index contributed by atoms with van der Waals surface area (Å²) in [6.07, 6.45) is 2.64. The number of morpholine rings is 1. The van der Waals surface area contributed by atoms with Crippen LogP contribution in [0.25, 0.3) is 0 Å². The smallest absolute Gasteiger partial charge is 0.0703 e. The topological polar surface area (TPSA) is 21.3 Å². The Hall–Kier alpha value is -0.860. The first-order chi connectivity index (χ1) is 8.59. The summed E-state index contributed by atoms with van der Waals surface area (Å²) in [5, 5.41) is 3.40. The minimum Gasteiger partial charge on any atom is -0.376 e. The fourth-order valence-electron chi connectivity index (χ4n) is 2.78. The molecule has 1 aliphatic heterocycles. The SMILES string of the molecule is Cc1cc(C)c(C)c(CCC2CNCCO2)c1C. The highest BCUT2D eigenvalue weighted by molar-refractivity contribution is 5.44. The summed E-state index contributed by atoms with van der Waals surface area (Å²) in [6, 6.07) is 2.30. The fourth-order valence-corrected chi connectivity index (χ4v) is 2.78. The molecule has 1 N–H and O–H groups in total. The van der Waals surface area contributed by atoms with Crippen molar-refractivity contribution in [2.45, 2.75) is 46.6 Å². The third-order valence-corrected chi connectivity index (χ3v) is 4.24. The molecule has 100 valence electrons. The lowest BCUT2D eigenvalue weighted by molar-refractivity contribution is 0.0238. The van der Waals surface area contributed by atoms with E-state index in [9.17, 15) is 0 Å². The first kappa shape index (κ1) is 13.6. The molecule has 0 amide bonds. The van der Waals surface area contributed by atoms with E-state index in [-0.39, 0.29) is 0 Å². The van der Waals surface area contributed by atoms with Crippen LogP contribution in [0.5, 0.6) is 0 Å². The average Bonchev–Trinajstić information content (AvgIpc) is 2.38. The molecule has 1 heterocycles. The highest BCUT2D eigenvalue weighted by Crippen LogP contribution is 2.23. The van der Waals surface area contributed by atoms with E-state index < -0.39 is 0 Å². The molecule has 18 heavy (non-hydrogen) atoms. The van der Waals surface area contributed by atoms with Crippen molar-refractivity contribution in [2.75, 3.05) is 19.7 Å². The van der Waals surface area contributed by atoms with Crippen LogP contribution in [0.3, 0.4) is 0 Å². The van der Waals surface area contributed by atoms with Gasteiger partial charge in [0.25, 0.3) is 0 Å². The van der Waals surface area contributed by atoms with Crippen LogP contribution in [-0.4, -0.2) is 25.8 Å². The van der Waals surface area contributed by atoms with Gasteiger partial charge in [-0.05, 0) is 68.4 Å². The van der Waals surface area contributed by atoms with E-state index in [1.54, 1.807) is 0 Å². The lowest BCUT2D eigenvalue weighted by atomic mass is 9.91. The number of hydrogen-bond acceptors (Lipinski definition) is 2. The summed E-state index contributed by atoms with van der Waals surface area (Å²) in [6.45, 7) is 11.8. The normalized spacial score (nSPS) is 20.1. The van der Waals surface area contributed by atoms with Crippen molar-refractivity contribution in [1.29, 1.82) is 0 Å². The maximum Gasteiger partial charge on any atom is 0.0703 e. The second kappa shape index (κ2) is 5.85. The Bertz CT molecular complexity index is 393. The fraction of sp³-hybridized carbons (Fsp3) is 0.625. The van der Waals surface area contributed by atoms with Gasteiger partial charge in [0.2, 0.25) is 0 Å². The number of ether oxygens (including phenoxy) is 1. The monoisotopic (exact) mass is 247 g/mol. The highest BCUT2D eigenvalue weighted by atomic mass is 16.5. The van der Waals surface area contributed by atoms with E-state index in [1.807, 2.05) is 0 Å². The maximum atomic E-state index is 5.78. The van der Waals surface area contributed by atoms with E-state index >= 15 is 0 Å². The highest BCUT2D eigenvalue weighted by Gasteiger charge is 2.15. The van der Waals surface area contributed by atoms with Crippen LogP contribution in [0.2, 0.25) is 0 Å². The van der Waals surface area contributed by atoms with Crippen molar-refractivity contribution in [3.63, 3.8) is 0 Å². The Labute approximate surface area is 111 Å². The summed E-state index contributed by atoms with van der Waals surface area (Å²) < 4.78 is 5.78. The Morgan fingerprint density at radius 2 is 1.83 bits per heavy atom. The molecule has 0 aromatic heterocycles. The molecule has 2 rings (SSSR count). The Morgan fingerprint density at radius 1 is 1.17 bits per heavy atom. The number of nitrogens with one attached hydrogen (secondary N) is 1. The van der Waals surface area contributed by atoms with Gasteiger partial charge in [-0.3, -0.25) is 0 Å². The van der Waals surface area contributed by atoms with Gasteiger partial charge in [-0.2, -0.15) is 0 Å². The van der Waals surface area contributed by atoms with Gasteiger partial charge < -0.3 is 10.1 Å². The van der Waals surface area contributed by atoms with Crippen LogP contribution in [0.4, 0.5) is 0 Å². The number of hydrogen-bond donors (Lipinski definition) is 1. The molecular weight excluding hydrogens is 222 g/mol. The van der Waals surface area contributed by atoms with Gasteiger partial charge in [-0.1, -0.05) is 6.07 Å². The summed E-state index contributed by atoms with van der Waals surface area (Å²) in [5.41, 5.74) is 7.27. The molecule has 1 aliphatic rings. The van der Waals surface area contributed by atoms with Gasteiger partial charge in [-0.25, -0.2) is 0 Å². The van der Waals surface area contributed by atoms with Gasteiger partial charge >= 0.3 is 0 Å². The van der Waals surface area contributed by atoms with Gasteiger partial charge in [0, 0.05) is 13.1 Å². The van der Waals surface area contributed by atoms with E-state index in [2.05, 4.69) is 39.1 Å². The van der Waals surface area contributed by atoms with Crippen LogP contribution in [0, 0.1) is 27.7 Å². The quantitative estimate of drug-likeness (QED) is 0.887. The van der Waals surface area contributed by atoms with Crippen LogP contribution >= 0.6 is 0 Å². The van der Waals surface area contributed by atoms with Crippen LogP contribution < -0.4 is 5.32 Å². The Kier molecular flexibility index (Phi) is 4.41. The van der Waals surface area contributed by atoms with Crippen molar-refractivity contribution in [3.05, 3.63) is 33.9 Å². The van der Waals surface area contributed by atoms with Crippen LogP contribution in [-0.2, 0) is 11.2 Å². The second-order valence-electron chi connectivity index (χ2n) is 5.47. The van der Waals surface area contributed by atoms with Gasteiger partial charge in [0.15, 0.2) is 0 Å². The van der Waals surface area contributed by atoms with E-state index in [0.29, 0.717) is 6.10 Å².